The number of carbonyl (C=O) groups excluding carboxylic acids is 3. The largest absolute Gasteiger partial charge is 0.354 e. The van der Waals surface area contributed by atoms with Crippen molar-refractivity contribution in [2.75, 3.05) is 19.6 Å². The van der Waals surface area contributed by atoms with E-state index in [9.17, 15) is 14.4 Å². The minimum atomic E-state index is -0.367. The molecule has 2 aliphatic heterocycles. The lowest BCUT2D eigenvalue weighted by molar-refractivity contribution is -0.148. The Morgan fingerprint density at radius 1 is 1.24 bits per heavy atom. The molecule has 0 aliphatic carbocycles. The molecule has 9 heteroatoms. The Morgan fingerprint density at radius 3 is 2.72 bits per heavy atom. The number of hydrogen-bond donors (Lipinski definition) is 1. The van der Waals surface area contributed by atoms with Crippen LogP contribution in [-0.4, -0.2) is 68.2 Å². The van der Waals surface area contributed by atoms with Crippen molar-refractivity contribution in [1.82, 2.24) is 30.1 Å². The summed E-state index contributed by atoms with van der Waals surface area (Å²) in [6.07, 6.45) is 3.86. The number of piperazine rings is 1. The molecule has 0 bridgehead atoms. The molecule has 2 aliphatic rings. The molecule has 152 valence electrons. The fraction of sp³-hybridized carbons (Fsp3) is 0.450. The van der Waals surface area contributed by atoms with Crippen molar-refractivity contribution in [2.45, 2.75) is 32.0 Å². The normalized spacial score (nSPS) is 23.8. The van der Waals surface area contributed by atoms with Gasteiger partial charge in [-0.3, -0.25) is 19.1 Å². The van der Waals surface area contributed by atoms with Crippen LogP contribution >= 0.6 is 0 Å². The van der Waals surface area contributed by atoms with Gasteiger partial charge in [0.1, 0.15) is 0 Å². The zero-order valence-corrected chi connectivity index (χ0v) is 16.3. The van der Waals surface area contributed by atoms with E-state index < -0.39 is 0 Å². The van der Waals surface area contributed by atoms with Crippen molar-refractivity contribution in [1.29, 1.82) is 0 Å². The predicted octanol–water partition coefficient (Wildman–Crippen LogP) is 0.215. The molecule has 2 saturated heterocycles. The van der Waals surface area contributed by atoms with E-state index in [2.05, 4.69) is 15.6 Å². The topological polar surface area (TPSA) is 100 Å². The van der Waals surface area contributed by atoms with Crippen LogP contribution in [0.5, 0.6) is 0 Å². The van der Waals surface area contributed by atoms with E-state index in [0.717, 1.165) is 5.56 Å². The Bertz CT molecular complexity index is 885. The lowest BCUT2D eigenvalue weighted by atomic mass is 9.92. The third-order valence-corrected chi connectivity index (χ3v) is 5.68. The highest BCUT2D eigenvalue weighted by atomic mass is 16.2. The fourth-order valence-electron chi connectivity index (χ4n) is 4.35. The van der Waals surface area contributed by atoms with Gasteiger partial charge in [0.2, 0.25) is 17.7 Å². The molecule has 1 aromatic heterocycles. The van der Waals surface area contributed by atoms with Crippen LogP contribution in [0.3, 0.4) is 0 Å². The van der Waals surface area contributed by atoms with E-state index in [1.54, 1.807) is 22.0 Å². The molecule has 1 N–H and O–H groups in total. The summed E-state index contributed by atoms with van der Waals surface area (Å²) in [4.78, 5) is 41.1. The van der Waals surface area contributed by atoms with Crippen molar-refractivity contribution in [3.8, 4) is 0 Å². The highest BCUT2D eigenvalue weighted by molar-refractivity contribution is 5.88. The van der Waals surface area contributed by atoms with Gasteiger partial charge < -0.3 is 15.1 Å². The highest BCUT2D eigenvalue weighted by Crippen LogP contribution is 2.43. The number of rotatable bonds is 5. The average Bonchev–Trinajstić information content (AvgIpc) is 3.36. The first-order valence-corrected chi connectivity index (χ1v) is 9.78. The van der Waals surface area contributed by atoms with E-state index in [1.165, 1.54) is 6.92 Å². The van der Waals surface area contributed by atoms with Crippen molar-refractivity contribution < 1.29 is 14.4 Å². The van der Waals surface area contributed by atoms with Gasteiger partial charge in [-0.1, -0.05) is 35.5 Å². The Hall–Kier alpha value is -3.23. The molecule has 0 spiro atoms. The molecule has 9 nitrogen and oxygen atoms in total. The smallest absolute Gasteiger partial charge is 0.243 e. The van der Waals surface area contributed by atoms with Crippen LogP contribution in [0.25, 0.3) is 0 Å². The molecule has 29 heavy (non-hydrogen) atoms. The predicted molar refractivity (Wildman–Crippen MR) is 103 cm³/mol. The van der Waals surface area contributed by atoms with E-state index in [4.69, 9.17) is 0 Å². The Morgan fingerprint density at radius 2 is 2.03 bits per heavy atom. The lowest BCUT2D eigenvalue weighted by Gasteiger charge is -2.39. The van der Waals surface area contributed by atoms with Gasteiger partial charge in [0.05, 0.1) is 37.3 Å². The lowest BCUT2D eigenvalue weighted by Crippen LogP contribution is -2.55. The van der Waals surface area contributed by atoms with E-state index in [1.807, 2.05) is 35.2 Å². The molecule has 2 aromatic rings. The number of benzene rings is 1. The van der Waals surface area contributed by atoms with Crippen molar-refractivity contribution in [2.24, 2.45) is 5.92 Å². The maximum Gasteiger partial charge on any atom is 0.243 e. The third-order valence-electron chi connectivity index (χ3n) is 5.68. The molecule has 1 aromatic carbocycles. The first-order valence-electron chi connectivity index (χ1n) is 9.78. The standard InChI is InChI=1S/C20H24N6O3/c1-14(27)24-12-16-11-17(20(29)21-7-9-25-10-8-22-23-25)19(26(16)18(28)13-24)15-5-3-2-4-6-15/h2-6,8,10,16-17,19H,7,9,11-13H2,1H3,(H,21,29)/t16-,17-,19-/m0/s1. The van der Waals surface area contributed by atoms with E-state index in [-0.39, 0.29) is 42.3 Å². The summed E-state index contributed by atoms with van der Waals surface area (Å²) < 4.78 is 1.65. The summed E-state index contributed by atoms with van der Waals surface area (Å²) in [5.74, 6) is -0.678. The molecule has 0 radical (unpaired) electrons. The zero-order valence-electron chi connectivity index (χ0n) is 16.3. The summed E-state index contributed by atoms with van der Waals surface area (Å²) in [6.45, 7) is 2.96. The van der Waals surface area contributed by atoms with Gasteiger partial charge in [-0.25, -0.2) is 0 Å². The van der Waals surface area contributed by atoms with Crippen LogP contribution in [0.15, 0.2) is 42.7 Å². The van der Waals surface area contributed by atoms with Crippen LogP contribution in [0.1, 0.15) is 24.9 Å². The molecule has 2 fully saturated rings. The van der Waals surface area contributed by atoms with E-state index in [0.29, 0.717) is 26.1 Å². The Labute approximate surface area is 168 Å². The van der Waals surface area contributed by atoms with Gasteiger partial charge in [0, 0.05) is 26.2 Å². The SMILES string of the molecule is CC(=O)N1CC(=O)N2[C@@H](C[C@H](C(=O)NCCn3ccnn3)[C@@H]2c2ccccc2)C1. The van der Waals surface area contributed by atoms with Crippen molar-refractivity contribution >= 4 is 17.7 Å². The molecular weight excluding hydrogens is 372 g/mol. The number of aromatic nitrogens is 3. The highest BCUT2D eigenvalue weighted by Gasteiger charge is 2.50. The summed E-state index contributed by atoms with van der Waals surface area (Å²) in [7, 11) is 0. The minimum Gasteiger partial charge on any atom is -0.354 e. The summed E-state index contributed by atoms with van der Waals surface area (Å²) in [6, 6.07) is 9.17. The first-order chi connectivity index (χ1) is 14.0. The Kier molecular flexibility index (Phi) is 5.28. The van der Waals surface area contributed by atoms with Crippen LogP contribution in [0.4, 0.5) is 0 Å². The van der Waals surface area contributed by atoms with Gasteiger partial charge in [-0.15, -0.1) is 5.10 Å². The Balaban J connectivity index is 1.53. The van der Waals surface area contributed by atoms with Crippen molar-refractivity contribution in [3.63, 3.8) is 0 Å². The van der Waals surface area contributed by atoms with Crippen molar-refractivity contribution in [3.05, 3.63) is 48.3 Å². The maximum absolute atomic E-state index is 13.0. The van der Waals surface area contributed by atoms with Gasteiger partial charge in [0.25, 0.3) is 0 Å². The van der Waals surface area contributed by atoms with Crippen LogP contribution in [0.2, 0.25) is 0 Å². The van der Waals surface area contributed by atoms with Gasteiger partial charge in [-0.2, -0.15) is 0 Å². The molecule has 3 amide bonds. The summed E-state index contributed by atoms with van der Waals surface area (Å²) in [5.41, 5.74) is 0.941. The molecular formula is C20H24N6O3. The van der Waals surface area contributed by atoms with Gasteiger partial charge >= 0.3 is 0 Å². The average molecular weight is 396 g/mol. The van der Waals surface area contributed by atoms with Gasteiger partial charge in [0.15, 0.2) is 0 Å². The number of hydrogen-bond acceptors (Lipinski definition) is 5. The number of fused-ring (bicyclic) bond motifs is 1. The van der Waals surface area contributed by atoms with E-state index >= 15 is 0 Å². The molecule has 0 saturated carbocycles. The monoisotopic (exact) mass is 396 g/mol. The number of nitrogens with one attached hydrogen (secondary N) is 1. The number of amides is 3. The quantitative estimate of drug-likeness (QED) is 0.779. The molecule has 3 heterocycles. The van der Waals surface area contributed by atoms with Gasteiger partial charge in [-0.05, 0) is 12.0 Å². The minimum absolute atomic E-state index is 0.0653. The summed E-state index contributed by atoms with van der Waals surface area (Å²) >= 11 is 0. The van der Waals surface area contributed by atoms with Crippen LogP contribution in [-0.2, 0) is 20.9 Å². The second kappa shape index (κ2) is 8.02. The van der Waals surface area contributed by atoms with Crippen LogP contribution in [0, 0.1) is 5.92 Å². The first kappa shape index (κ1) is 19.1. The fourth-order valence-corrected chi connectivity index (χ4v) is 4.35. The number of carbonyl (C=O) groups is 3. The second-order valence-corrected chi connectivity index (χ2v) is 7.51. The second-order valence-electron chi connectivity index (χ2n) is 7.51. The molecule has 0 unspecified atom stereocenters. The number of nitrogens with zero attached hydrogens (tertiary/aromatic N) is 5. The zero-order chi connectivity index (χ0) is 20.4. The summed E-state index contributed by atoms with van der Waals surface area (Å²) in [5, 5.41) is 10.6. The molecule has 4 rings (SSSR count). The third kappa shape index (κ3) is 3.85. The maximum atomic E-state index is 13.0. The molecule has 3 atom stereocenters. The van der Waals surface area contributed by atoms with Crippen LogP contribution < -0.4 is 5.32 Å².